The molecule has 1 N–H and O–H groups in total. The van der Waals surface area contributed by atoms with E-state index in [2.05, 4.69) is 5.32 Å². The van der Waals surface area contributed by atoms with E-state index in [0.717, 1.165) is 12.8 Å². The highest BCUT2D eigenvalue weighted by Crippen LogP contribution is 2.28. The van der Waals surface area contributed by atoms with Crippen LogP contribution >= 0.6 is 34.8 Å². The first-order chi connectivity index (χ1) is 12.8. The zero-order chi connectivity index (χ0) is 19.6. The highest BCUT2D eigenvalue weighted by atomic mass is 35.5. The number of benzene rings is 2. The SMILES string of the molecule is O=C(NCc1ccc(Cl)cc1Cl)c1ccc(Cl)c(S(=O)(=O)N2CCCC2)c1. The molecule has 3 rings (SSSR count). The first-order valence-electron chi connectivity index (χ1n) is 8.31. The van der Waals surface area contributed by atoms with E-state index >= 15 is 0 Å². The molecule has 0 aliphatic carbocycles. The molecule has 0 radical (unpaired) electrons. The lowest BCUT2D eigenvalue weighted by atomic mass is 10.2. The van der Waals surface area contributed by atoms with Crippen molar-refractivity contribution < 1.29 is 13.2 Å². The van der Waals surface area contributed by atoms with Gasteiger partial charge in [0.15, 0.2) is 0 Å². The summed E-state index contributed by atoms with van der Waals surface area (Å²) >= 11 is 18.1. The van der Waals surface area contributed by atoms with Crippen molar-refractivity contribution in [2.24, 2.45) is 0 Å². The summed E-state index contributed by atoms with van der Waals surface area (Å²) in [4.78, 5) is 12.4. The van der Waals surface area contributed by atoms with Gasteiger partial charge in [-0.2, -0.15) is 4.31 Å². The number of amides is 1. The molecule has 1 aliphatic heterocycles. The van der Waals surface area contributed by atoms with Gasteiger partial charge >= 0.3 is 0 Å². The number of rotatable bonds is 5. The van der Waals surface area contributed by atoms with Crippen LogP contribution in [-0.2, 0) is 16.6 Å². The Bertz CT molecular complexity index is 974. The van der Waals surface area contributed by atoms with Gasteiger partial charge in [0, 0.05) is 35.2 Å². The maximum atomic E-state index is 12.8. The summed E-state index contributed by atoms with van der Waals surface area (Å²) in [6.45, 7) is 1.11. The maximum absolute atomic E-state index is 12.8. The molecule has 144 valence electrons. The van der Waals surface area contributed by atoms with E-state index in [1.165, 1.54) is 22.5 Å². The summed E-state index contributed by atoms with van der Waals surface area (Å²) in [5.41, 5.74) is 0.913. The Kier molecular flexibility index (Phi) is 6.33. The average molecular weight is 448 g/mol. The van der Waals surface area contributed by atoms with Crippen LogP contribution in [0.3, 0.4) is 0 Å². The van der Waals surface area contributed by atoms with Crippen molar-refractivity contribution in [1.29, 1.82) is 0 Å². The number of carbonyl (C=O) groups excluding carboxylic acids is 1. The largest absolute Gasteiger partial charge is 0.348 e. The van der Waals surface area contributed by atoms with Crippen LogP contribution in [0.5, 0.6) is 0 Å². The number of nitrogens with one attached hydrogen (secondary N) is 1. The van der Waals surface area contributed by atoms with Gasteiger partial charge in [-0.05, 0) is 48.7 Å². The quantitative estimate of drug-likeness (QED) is 0.740. The lowest BCUT2D eigenvalue weighted by molar-refractivity contribution is 0.0950. The fraction of sp³-hybridized carbons (Fsp3) is 0.278. The van der Waals surface area contributed by atoms with Crippen LogP contribution in [-0.4, -0.2) is 31.7 Å². The monoisotopic (exact) mass is 446 g/mol. The van der Waals surface area contributed by atoms with E-state index in [-0.39, 0.29) is 22.0 Å². The van der Waals surface area contributed by atoms with Gasteiger partial charge in [0.05, 0.1) is 5.02 Å². The molecule has 1 fully saturated rings. The third kappa shape index (κ3) is 4.58. The molecule has 0 saturated carbocycles. The molecule has 9 heteroatoms. The molecule has 5 nitrogen and oxygen atoms in total. The number of sulfonamides is 1. The van der Waals surface area contributed by atoms with Crippen LogP contribution in [0.15, 0.2) is 41.3 Å². The Hall–Kier alpha value is -1.31. The molecule has 1 amide bonds. The smallest absolute Gasteiger partial charge is 0.251 e. The summed E-state index contributed by atoms with van der Waals surface area (Å²) in [5.74, 6) is -0.421. The lowest BCUT2D eigenvalue weighted by Crippen LogP contribution is -2.29. The van der Waals surface area contributed by atoms with Gasteiger partial charge in [-0.25, -0.2) is 8.42 Å². The van der Waals surface area contributed by atoms with Crippen LogP contribution in [0, 0.1) is 0 Å². The van der Waals surface area contributed by atoms with Crippen molar-refractivity contribution >= 4 is 50.7 Å². The molecule has 1 saturated heterocycles. The van der Waals surface area contributed by atoms with E-state index in [4.69, 9.17) is 34.8 Å². The summed E-state index contributed by atoms with van der Waals surface area (Å²) in [6, 6.07) is 9.22. The van der Waals surface area contributed by atoms with Crippen molar-refractivity contribution in [2.45, 2.75) is 24.3 Å². The van der Waals surface area contributed by atoms with Gasteiger partial charge in [-0.3, -0.25) is 4.79 Å². The first kappa shape index (κ1) is 20.4. The van der Waals surface area contributed by atoms with Crippen molar-refractivity contribution in [1.82, 2.24) is 9.62 Å². The molecule has 27 heavy (non-hydrogen) atoms. The topological polar surface area (TPSA) is 66.5 Å². The Morgan fingerprint density at radius 2 is 1.70 bits per heavy atom. The molecular weight excluding hydrogens is 431 g/mol. The van der Waals surface area contributed by atoms with Crippen LogP contribution in [0.4, 0.5) is 0 Å². The van der Waals surface area contributed by atoms with Gasteiger partial charge in [0.2, 0.25) is 10.0 Å². The van der Waals surface area contributed by atoms with Crippen molar-refractivity contribution in [2.75, 3.05) is 13.1 Å². The van der Waals surface area contributed by atoms with E-state index in [1.54, 1.807) is 18.2 Å². The van der Waals surface area contributed by atoms with Crippen molar-refractivity contribution in [3.05, 3.63) is 62.6 Å². The van der Waals surface area contributed by atoms with Gasteiger partial charge in [-0.1, -0.05) is 40.9 Å². The molecule has 0 bridgehead atoms. The minimum atomic E-state index is -3.72. The highest BCUT2D eigenvalue weighted by molar-refractivity contribution is 7.89. The van der Waals surface area contributed by atoms with Crippen LogP contribution < -0.4 is 5.32 Å². The Morgan fingerprint density at radius 1 is 1.00 bits per heavy atom. The zero-order valence-electron chi connectivity index (χ0n) is 14.2. The van der Waals surface area contributed by atoms with Gasteiger partial charge < -0.3 is 5.32 Å². The predicted octanol–water partition coefficient (Wildman–Crippen LogP) is 4.36. The third-order valence-corrected chi connectivity index (χ3v) is 7.30. The van der Waals surface area contributed by atoms with Crippen molar-refractivity contribution in [3.63, 3.8) is 0 Å². The number of hydrogen-bond donors (Lipinski definition) is 1. The minimum Gasteiger partial charge on any atom is -0.348 e. The number of nitrogens with zero attached hydrogens (tertiary/aromatic N) is 1. The standard InChI is InChI=1S/C18H17Cl3N2O3S/c19-14-5-3-13(16(21)10-14)11-22-18(24)12-4-6-15(20)17(9-12)27(25,26)23-7-1-2-8-23/h3-6,9-10H,1-2,7-8,11H2,(H,22,24). The van der Waals surface area contributed by atoms with Gasteiger partial charge in [0.1, 0.15) is 4.90 Å². The molecule has 0 spiro atoms. The molecule has 0 unspecified atom stereocenters. The Balaban J connectivity index is 1.79. The van der Waals surface area contributed by atoms with E-state index in [9.17, 15) is 13.2 Å². The Morgan fingerprint density at radius 3 is 2.37 bits per heavy atom. The minimum absolute atomic E-state index is 0.0526. The maximum Gasteiger partial charge on any atom is 0.251 e. The first-order valence-corrected chi connectivity index (χ1v) is 10.9. The van der Waals surface area contributed by atoms with E-state index in [0.29, 0.717) is 28.7 Å². The summed E-state index contributed by atoms with van der Waals surface area (Å²) in [7, 11) is -3.72. The van der Waals surface area contributed by atoms with Gasteiger partial charge in [0.25, 0.3) is 5.91 Å². The fourth-order valence-corrected chi connectivity index (χ4v) is 5.35. The number of halogens is 3. The predicted molar refractivity (Wildman–Crippen MR) is 107 cm³/mol. The summed E-state index contributed by atoms with van der Waals surface area (Å²) < 4.78 is 26.9. The number of hydrogen-bond acceptors (Lipinski definition) is 3. The molecule has 2 aromatic carbocycles. The second-order valence-corrected chi connectivity index (χ2v) is 9.33. The molecule has 1 heterocycles. The average Bonchev–Trinajstić information content (AvgIpc) is 3.16. The molecular formula is C18H17Cl3N2O3S. The van der Waals surface area contributed by atoms with Crippen molar-refractivity contribution in [3.8, 4) is 0 Å². The summed E-state index contributed by atoms with van der Waals surface area (Å²) in [5, 5.41) is 3.77. The van der Waals surface area contributed by atoms with Crippen LogP contribution in [0.25, 0.3) is 0 Å². The van der Waals surface area contributed by atoms with E-state index in [1.807, 2.05) is 0 Å². The second-order valence-electron chi connectivity index (χ2n) is 6.17. The fourth-order valence-electron chi connectivity index (χ4n) is 2.85. The number of carbonyl (C=O) groups is 1. The third-order valence-electron chi connectivity index (χ3n) is 4.33. The molecule has 2 aromatic rings. The zero-order valence-corrected chi connectivity index (χ0v) is 17.3. The normalized spacial score (nSPS) is 15.1. The molecule has 0 atom stereocenters. The lowest BCUT2D eigenvalue weighted by Gasteiger charge is -2.17. The van der Waals surface area contributed by atoms with Crippen LogP contribution in [0.1, 0.15) is 28.8 Å². The molecule has 0 aromatic heterocycles. The van der Waals surface area contributed by atoms with Crippen LogP contribution in [0.2, 0.25) is 15.1 Å². The second kappa shape index (κ2) is 8.37. The summed E-state index contributed by atoms with van der Waals surface area (Å²) in [6.07, 6.45) is 1.64. The highest BCUT2D eigenvalue weighted by Gasteiger charge is 2.29. The Labute approximate surface area is 173 Å². The van der Waals surface area contributed by atoms with E-state index < -0.39 is 15.9 Å². The van der Waals surface area contributed by atoms with Gasteiger partial charge in [-0.15, -0.1) is 0 Å². The molecule has 1 aliphatic rings.